The summed E-state index contributed by atoms with van der Waals surface area (Å²) in [6.45, 7) is 19.9. The van der Waals surface area contributed by atoms with E-state index in [1.54, 1.807) is 40.9 Å². The monoisotopic (exact) mass is 1630 g/mol. The first-order chi connectivity index (χ1) is 58.5. The molecule has 120 heavy (non-hydrogen) atoms. The zero-order valence-corrected chi connectivity index (χ0v) is 73.3. The van der Waals surface area contributed by atoms with Crippen molar-refractivity contribution in [2.45, 2.75) is 155 Å². The Bertz CT molecular complexity index is 5030. The molecule has 21 heteroatoms. The summed E-state index contributed by atoms with van der Waals surface area (Å²) in [6, 6.07) is 49.9. The normalized spacial score (nSPS) is 17.4. The third-order valence-corrected chi connectivity index (χ3v) is 26.5. The molecule has 10 aromatic rings. The third kappa shape index (κ3) is 22.1. The van der Waals surface area contributed by atoms with Gasteiger partial charge in [0.2, 0.25) is 0 Å². The number of fused-ring (bicyclic) bond motifs is 7. The van der Waals surface area contributed by atoms with Crippen LogP contribution in [0.15, 0.2) is 176 Å². The Hall–Kier alpha value is -9.42. The second-order valence-corrected chi connectivity index (χ2v) is 34.0. The molecule has 0 spiro atoms. The number of likely N-dealkylation sites (tertiary alicyclic amines) is 3. The van der Waals surface area contributed by atoms with Gasteiger partial charge in [-0.25, -0.2) is 20.3 Å². The van der Waals surface area contributed by atoms with Crippen LogP contribution in [0.25, 0.3) is 49.2 Å². The maximum Gasteiger partial charge on any atom is 0.279 e. The number of nitrogens with zero attached hydrogens (tertiary/aromatic N) is 12. The van der Waals surface area contributed by atoms with Gasteiger partial charge in [-0.1, -0.05) is 155 Å². The smallest absolute Gasteiger partial charge is 0.279 e. The maximum absolute atomic E-state index is 12.7. The Kier molecular flexibility index (Phi) is 31.9. The van der Waals surface area contributed by atoms with Crippen molar-refractivity contribution in [3.05, 3.63) is 215 Å². The van der Waals surface area contributed by atoms with E-state index < -0.39 is 0 Å². The van der Waals surface area contributed by atoms with Crippen LogP contribution in [0.2, 0.25) is 0 Å². The summed E-state index contributed by atoms with van der Waals surface area (Å²) in [5, 5.41) is 9.09. The summed E-state index contributed by atoms with van der Waals surface area (Å²) in [4.78, 5) is 81.5. The lowest BCUT2D eigenvalue weighted by Crippen LogP contribution is -2.42. The van der Waals surface area contributed by atoms with Gasteiger partial charge in [0.25, 0.3) is 23.6 Å². The molecular weight excluding hydrogens is 1500 g/mol. The van der Waals surface area contributed by atoms with Crippen LogP contribution in [0, 0.1) is 23.7 Å². The van der Waals surface area contributed by atoms with E-state index in [-0.39, 0.29) is 23.6 Å². The van der Waals surface area contributed by atoms with Crippen molar-refractivity contribution in [2.24, 2.45) is 23.7 Å². The van der Waals surface area contributed by atoms with Crippen LogP contribution in [-0.2, 0) is 58.4 Å². The Labute approximate surface area is 712 Å². The SMILES string of the molecule is CCCCC1CCN(CCCn2cc(C(=O)N(C)OC)c3ccccc32)CC1.CON(C)C(=O)c1cn(CCCN2CCC(Cc3ccccc3)CC2)c2ccccc12.CON(C)C(=O)c1cn(CCCN2CCC3CCCCC3C2)c2ccccc12.COc1ccc2c(c1)C1=C(C2)CN(CCCn2cc(C(=O)N(C)OC)c3ccccc32)CC1. The Morgan fingerprint density at radius 2 is 0.792 bits per heavy atom. The molecule has 16 rings (SSSR count). The molecule has 2 aliphatic carbocycles. The van der Waals surface area contributed by atoms with Gasteiger partial charge in [-0.05, 0) is 224 Å². The van der Waals surface area contributed by atoms with Crippen molar-refractivity contribution in [3.8, 4) is 5.75 Å². The van der Waals surface area contributed by atoms with Crippen molar-refractivity contribution >= 4 is 72.8 Å². The van der Waals surface area contributed by atoms with Gasteiger partial charge in [0.05, 0.1) is 57.8 Å². The zero-order valence-electron chi connectivity index (χ0n) is 73.3. The minimum absolute atomic E-state index is 0.100. The van der Waals surface area contributed by atoms with E-state index in [0.717, 1.165) is 177 Å². The van der Waals surface area contributed by atoms with Crippen molar-refractivity contribution < 1.29 is 43.3 Å². The highest BCUT2D eigenvalue weighted by Crippen LogP contribution is 2.41. The Morgan fingerprint density at radius 3 is 1.22 bits per heavy atom. The van der Waals surface area contributed by atoms with Crippen LogP contribution in [0.1, 0.15) is 174 Å². The van der Waals surface area contributed by atoms with E-state index >= 15 is 0 Å². The zero-order chi connectivity index (χ0) is 84.0. The van der Waals surface area contributed by atoms with Crippen LogP contribution < -0.4 is 4.74 Å². The lowest BCUT2D eigenvalue weighted by molar-refractivity contribution is -0.0756. The molecule has 642 valence electrons. The predicted octanol–water partition coefficient (Wildman–Crippen LogP) is 17.8. The fraction of sp³-hybridized carbons (Fsp3) is 0.495. The number of carbonyl (C=O) groups is 4. The van der Waals surface area contributed by atoms with Crippen LogP contribution in [0.4, 0.5) is 0 Å². The number of benzene rings is 6. The van der Waals surface area contributed by atoms with E-state index in [1.807, 2.05) is 97.6 Å². The molecule has 0 bridgehead atoms. The molecule has 3 saturated heterocycles. The highest BCUT2D eigenvalue weighted by molar-refractivity contribution is 6.09. The van der Waals surface area contributed by atoms with Crippen LogP contribution in [0.5, 0.6) is 5.75 Å². The number of amides is 4. The largest absolute Gasteiger partial charge is 0.497 e. The Balaban J connectivity index is 0.000000139. The minimum atomic E-state index is -0.125. The molecule has 21 nitrogen and oxygen atoms in total. The standard InChI is InChI=1S/C27H31N3O3.C26H33N3O2.C23H33N3O2.C23H35N3O2/c1-28(33-3)27(31)25-18-30(26-8-5-4-7-23(25)26)13-6-12-29-14-11-22-20(17-29)15-19-9-10-21(32-2)16-24(19)22;1-27(31-2)26(30)24-20-29(25-12-7-6-11-23(24)25)16-8-15-28-17-13-22(14-18-28)19-21-9-4-3-5-10-21;1-24(28-2)23(27)21-17-26(22-11-6-5-10-20(21)22)14-7-13-25-15-12-18-8-3-4-9-19(18)16-25;1-4-5-9-19-12-16-25(17-13-19)14-8-15-26-18-21(23(27)24(2)28-3)20-10-6-7-11-22(20)26/h4-5,7-10,16,18H,6,11-15,17H2,1-3H3;3-7,9-12,20,22H,8,13-19H2,1-2H3;5-6,10-11,17-19H,3-4,7-9,12-16H2,1-2H3;6-7,10-11,18-19H,4-5,8-9,12-17H2,1-3H3. The molecule has 4 amide bonds. The summed E-state index contributed by atoms with van der Waals surface area (Å²) >= 11 is 0. The number of piperidine rings is 3. The van der Waals surface area contributed by atoms with Gasteiger partial charge in [0.15, 0.2) is 0 Å². The molecule has 8 heterocycles. The lowest BCUT2D eigenvalue weighted by Gasteiger charge is -2.41. The summed E-state index contributed by atoms with van der Waals surface area (Å²) in [7, 11) is 14.4. The summed E-state index contributed by atoms with van der Waals surface area (Å²) in [5.41, 5.74) is 14.6. The second kappa shape index (κ2) is 43.4. The fourth-order valence-corrected chi connectivity index (χ4v) is 19.4. The van der Waals surface area contributed by atoms with E-state index in [9.17, 15) is 19.2 Å². The average Bonchev–Trinajstić information content (AvgIpc) is 1.72. The van der Waals surface area contributed by atoms with Crippen molar-refractivity contribution in [2.75, 3.05) is 142 Å². The van der Waals surface area contributed by atoms with Crippen molar-refractivity contribution in [1.82, 2.24) is 58.1 Å². The number of ether oxygens (including phenoxy) is 1. The number of hydroxylamine groups is 8. The maximum atomic E-state index is 12.7. The van der Waals surface area contributed by atoms with Crippen molar-refractivity contribution in [1.29, 1.82) is 0 Å². The molecule has 0 radical (unpaired) electrons. The van der Waals surface area contributed by atoms with Gasteiger partial charge in [0.1, 0.15) is 5.75 Å². The quantitative estimate of drug-likeness (QED) is 0.0392. The van der Waals surface area contributed by atoms with Gasteiger partial charge in [-0.15, -0.1) is 0 Å². The first-order valence-electron chi connectivity index (χ1n) is 44.5. The molecule has 2 atom stereocenters. The molecule has 6 aliphatic rings. The minimum Gasteiger partial charge on any atom is -0.497 e. The Morgan fingerprint density at radius 1 is 0.400 bits per heavy atom. The van der Waals surface area contributed by atoms with E-state index in [2.05, 4.69) is 118 Å². The van der Waals surface area contributed by atoms with E-state index in [1.165, 1.54) is 194 Å². The summed E-state index contributed by atoms with van der Waals surface area (Å²) in [5.74, 6) is 4.17. The molecular formula is C99H132N12O9. The van der Waals surface area contributed by atoms with Gasteiger partial charge in [0, 0.05) is 149 Å². The van der Waals surface area contributed by atoms with Gasteiger partial charge in [-0.3, -0.25) is 43.4 Å². The number of rotatable bonds is 30. The topological polar surface area (TPSA) is 160 Å². The second-order valence-electron chi connectivity index (χ2n) is 34.0. The third-order valence-electron chi connectivity index (χ3n) is 26.5. The van der Waals surface area contributed by atoms with Crippen LogP contribution >= 0.6 is 0 Å². The average molecular weight is 1630 g/mol. The fourth-order valence-electron chi connectivity index (χ4n) is 19.4. The first kappa shape index (κ1) is 88.4. The summed E-state index contributed by atoms with van der Waals surface area (Å²) < 4.78 is 14.3. The van der Waals surface area contributed by atoms with Crippen LogP contribution in [0.3, 0.4) is 0 Å². The van der Waals surface area contributed by atoms with E-state index in [0.29, 0.717) is 22.3 Å². The molecule has 1 saturated carbocycles. The highest BCUT2D eigenvalue weighted by atomic mass is 16.7. The number of hydrogen-bond acceptors (Lipinski definition) is 13. The van der Waals surface area contributed by atoms with Gasteiger partial charge >= 0.3 is 0 Å². The van der Waals surface area contributed by atoms with Crippen molar-refractivity contribution in [3.63, 3.8) is 0 Å². The predicted molar refractivity (Wildman–Crippen MR) is 482 cm³/mol. The molecule has 6 aromatic carbocycles. The molecule has 0 N–H and O–H groups in total. The lowest BCUT2D eigenvalue weighted by atomic mass is 9.75. The molecule has 4 fully saturated rings. The van der Waals surface area contributed by atoms with Crippen LogP contribution in [-0.4, -0.2) is 224 Å². The molecule has 4 aliphatic heterocycles. The number of unbranched alkanes of at least 4 members (excludes halogenated alkanes) is 1. The highest BCUT2D eigenvalue weighted by Gasteiger charge is 2.33. The van der Waals surface area contributed by atoms with Gasteiger partial charge in [-0.2, -0.15) is 0 Å². The number of methoxy groups -OCH3 is 1. The number of hydrogen-bond donors (Lipinski definition) is 0. The molecule has 2 unspecified atom stereocenters. The number of aromatic nitrogens is 4. The molecule has 4 aromatic heterocycles. The number of aryl methyl sites for hydroxylation is 4. The first-order valence-corrected chi connectivity index (χ1v) is 44.5. The number of para-hydroxylation sites is 4. The van der Waals surface area contributed by atoms with Gasteiger partial charge < -0.3 is 37.7 Å². The van der Waals surface area contributed by atoms with E-state index in [4.69, 9.17) is 24.1 Å². The number of carbonyl (C=O) groups excluding carboxylic acids is 4. The summed E-state index contributed by atoms with van der Waals surface area (Å²) in [6.07, 6.45) is 32.2.